The molecule has 1 unspecified atom stereocenters. The predicted molar refractivity (Wildman–Crippen MR) is 120 cm³/mol. The molecule has 0 radical (unpaired) electrons. The highest BCUT2D eigenvalue weighted by atomic mass is 16.6. The van der Waals surface area contributed by atoms with E-state index in [1.54, 1.807) is 34.7 Å². The van der Waals surface area contributed by atoms with Gasteiger partial charge in [-0.3, -0.25) is 9.79 Å². The number of rotatable bonds is 6. The average Bonchev–Trinajstić information content (AvgIpc) is 2.70. The number of nitrogens with one attached hydrogen (secondary N) is 2. The molecule has 2 aromatic rings. The van der Waals surface area contributed by atoms with Gasteiger partial charge >= 0.3 is 6.09 Å². The molecule has 2 amide bonds. The Balaban J connectivity index is 2.75. The molecule has 0 saturated heterocycles. The maximum absolute atomic E-state index is 12.9. The lowest BCUT2D eigenvalue weighted by atomic mass is 9.92. The Labute approximate surface area is 177 Å². The SMILES string of the molecule is C=Cc1nc(C(C)NC(=O)OC(C)(C)C)c(-c2ccccc2)c(C(=O)NC)c1N=C. The van der Waals surface area contributed by atoms with Gasteiger partial charge in [-0.2, -0.15) is 0 Å². The van der Waals surface area contributed by atoms with E-state index in [0.717, 1.165) is 5.56 Å². The molecule has 30 heavy (non-hydrogen) atoms. The molecule has 2 N–H and O–H groups in total. The lowest BCUT2D eigenvalue weighted by Crippen LogP contribution is -2.34. The van der Waals surface area contributed by atoms with Gasteiger partial charge in [-0.05, 0) is 46.1 Å². The average molecular weight is 409 g/mol. The minimum Gasteiger partial charge on any atom is -0.444 e. The zero-order chi connectivity index (χ0) is 22.5. The van der Waals surface area contributed by atoms with Crippen LogP contribution in [0.4, 0.5) is 10.5 Å². The fourth-order valence-electron chi connectivity index (χ4n) is 3.02. The summed E-state index contributed by atoms with van der Waals surface area (Å²) < 4.78 is 5.37. The minimum atomic E-state index is -0.643. The lowest BCUT2D eigenvalue weighted by molar-refractivity contribution is 0.0507. The van der Waals surface area contributed by atoms with Gasteiger partial charge in [0.1, 0.15) is 11.3 Å². The van der Waals surface area contributed by atoms with Gasteiger partial charge < -0.3 is 15.4 Å². The third kappa shape index (κ3) is 5.11. The zero-order valence-electron chi connectivity index (χ0n) is 18.1. The lowest BCUT2D eigenvalue weighted by Gasteiger charge is -2.24. The summed E-state index contributed by atoms with van der Waals surface area (Å²) in [5, 5.41) is 5.45. The van der Waals surface area contributed by atoms with E-state index >= 15 is 0 Å². The van der Waals surface area contributed by atoms with E-state index in [-0.39, 0.29) is 5.91 Å². The van der Waals surface area contributed by atoms with Gasteiger partial charge in [0.15, 0.2) is 0 Å². The summed E-state index contributed by atoms with van der Waals surface area (Å²) in [6, 6.07) is 8.78. The van der Waals surface area contributed by atoms with Crippen LogP contribution in [0.3, 0.4) is 0 Å². The first-order valence-corrected chi connectivity index (χ1v) is 9.57. The van der Waals surface area contributed by atoms with Crippen molar-refractivity contribution in [2.75, 3.05) is 7.05 Å². The third-order valence-electron chi connectivity index (χ3n) is 4.24. The van der Waals surface area contributed by atoms with Crippen LogP contribution in [-0.2, 0) is 4.74 Å². The van der Waals surface area contributed by atoms with Crippen LogP contribution in [0.25, 0.3) is 17.2 Å². The van der Waals surface area contributed by atoms with Crippen molar-refractivity contribution in [3.8, 4) is 11.1 Å². The molecule has 0 bridgehead atoms. The second kappa shape index (κ2) is 9.35. The molecule has 2 rings (SSSR count). The number of hydrogen-bond acceptors (Lipinski definition) is 5. The van der Waals surface area contributed by atoms with Crippen molar-refractivity contribution in [2.24, 2.45) is 4.99 Å². The maximum atomic E-state index is 12.9. The molecule has 1 aromatic carbocycles. The summed E-state index contributed by atoms with van der Waals surface area (Å²) in [5.74, 6) is -0.340. The molecule has 158 valence electrons. The van der Waals surface area contributed by atoms with Gasteiger partial charge in [-0.15, -0.1) is 0 Å². The quantitative estimate of drug-likeness (QED) is 0.680. The van der Waals surface area contributed by atoms with E-state index in [1.807, 2.05) is 30.3 Å². The van der Waals surface area contributed by atoms with E-state index in [0.29, 0.717) is 28.2 Å². The van der Waals surface area contributed by atoms with Crippen LogP contribution in [-0.4, -0.2) is 36.4 Å². The number of pyridine rings is 1. The normalized spacial score (nSPS) is 11.9. The number of aromatic nitrogens is 1. The molecule has 7 heteroatoms. The van der Waals surface area contributed by atoms with Crippen molar-refractivity contribution in [3.05, 3.63) is 53.9 Å². The van der Waals surface area contributed by atoms with E-state index in [9.17, 15) is 9.59 Å². The number of nitrogens with zero attached hydrogens (tertiary/aromatic N) is 2. The monoisotopic (exact) mass is 408 g/mol. The Bertz CT molecular complexity index is 963. The molecule has 0 fully saturated rings. The highest BCUT2D eigenvalue weighted by Gasteiger charge is 2.28. The summed E-state index contributed by atoms with van der Waals surface area (Å²) in [7, 11) is 1.54. The summed E-state index contributed by atoms with van der Waals surface area (Å²) in [4.78, 5) is 33.9. The Morgan fingerprint density at radius 3 is 2.37 bits per heavy atom. The van der Waals surface area contributed by atoms with Gasteiger partial charge in [0.2, 0.25) is 0 Å². The minimum absolute atomic E-state index is 0.316. The molecular weight excluding hydrogens is 380 g/mol. The first-order valence-electron chi connectivity index (χ1n) is 9.57. The Morgan fingerprint density at radius 1 is 1.23 bits per heavy atom. The number of benzene rings is 1. The molecule has 0 spiro atoms. The Hall–Kier alpha value is -3.48. The molecule has 0 saturated carbocycles. The summed E-state index contributed by atoms with van der Waals surface area (Å²) in [6.45, 7) is 14.5. The van der Waals surface area contributed by atoms with Gasteiger partial charge in [-0.1, -0.05) is 36.9 Å². The second-order valence-corrected chi connectivity index (χ2v) is 7.66. The molecule has 1 atom stereocenters. The molecular formula is C23H28N4O3. The first kappa shape index (κ1) is 22.8. The fraction of sp³-hybridized carbons (Fsp3) is 0.304. The van der Waals surface area contributed by atoms with E-state index in [4.69, 9.17) is 4.74 Å². The number of ether oxygens (including phenoxy) is 1. The standard InChI is InChI=1S/C23H28N4O3/c1-8-16-20(24-6)18(21(28)25-7)17(15-12-10-9-11-13-15)19(27-16)14(2)26-22(29)30-23(3,4)5/h8-14H,1,6H2,2-5,7H3,(H,25,28)(H,26,29). The molecule has 0 aliphatic heterocycles. The number of carbonyl (C=O) groups is 2. The van der Waals surface area contributed by atoms with E-state index in [1.165, 1.54) is 6.08 Å². The maximum Gasteiger partial charge on any atom is 0.408 e. The van der Waals surface area contributed by atoms with Crippen molar-refractivity contribution in [1.29, 1.82) is 0 Å². The van der Waals surface area contributed by atoms with Crippen molar-refractivity contribution in [3.63, 3.8) is 0 Å². The van der Waals surface area contributed by atoms with Crippen molar-refractivity contribution in [2.45, 2.75) is 39.3 Å². The van der Waals surface area contributed by atoms with Crippen LogP contribution in [0.5, 0.6) is 0 Å². The van der Waals surface area contributed by atoms with Crippen molar-refractivity contribution < 1.29 is 14.3 Å². The summed E-state index contributed by atoms with van der Waals surface area (Å²) in [5.41, 5.74) is 2.22. The van der Waals surface area contributed by atoms with Crippen LogP contribution in [0, 0.1) is 0 Å². The zero-order valence-corrected chi connectivity index (χ0v) is 18.1. The van der Waals surface area contributed by atoms with E-state index in [2.05, 4.69) is 33.9 Å². The van der Waals surface area contributed by atoms with Crippen LogP contribution < -0.4 is 10.6 Å². The van der Waals surface area contributed by atoms with Gasteiger partial charge in [0.25, 0.3) is 5.91 Å². The van der Waals surface area contributed by atoms with E-state index < -0.39 is 17.7 Å². The summed E-state index contributed by atoms with van der Waals surface area (Å²) in [6.07, 6.45) is 0.929. The first-order chi connectivity index (χ1) is 14.1. The Kier molecular flexibility index (Phi) is 7.10. The third-order valence-corrected chi connectivity index (χ3v) is 4.24. The van der Waals surface area contributed by atoms with Crippen LogP contribution in [0.15, 0.2) is 41.9 Å². The van der Waals surface area contributed by atoms with Crippen molar-refractivity contribution in [1.82, 2.24) is 15.6 Å². The fourth-order valence-corrected chi connectivity index (χ4v) is 3.02. The smallest absolute Gasteiger partial charge is 0.408 e. The highest BCUT2D eigenvalue weighted by Crippen LogP contribution is 2.38. The molecule has 7 nitrogen and oxygen atoms in total. The number of aliphatic imine (C=N–C) groups is 1. The molecule has 0 aliphatic rings. The van der Waals surface area contributed by atoms with Gasteiger partial charge in [0, 0.05) is 12.6 Å². The molecule has 0 aliphatic carbocycles. The molecule has 1 aromatic heterocycles. The van der Waals surface area contributed by atoms with Crippen LogP contribution >= 0.6 is 0 Å². The second-order valence-electron chi connectivity index (χ2n) is 7.66. The largest absolute Gasteiger partial charge is 0.444 e. The predicted octanol–water partition coefficient (Wildman–Crippen LogP) is 4.67. The number of hydrogen-bond donors (Lipinski definition) is 2. The molecule has 1 heterocycles. The Morgan fingerprint density at radius 2 is 1.87 bits per heavy atom. The summed E-state index contributed by atoms with van der Waals surface area (Å²) >= 11 is 0. The van der Waals surface area contributed by atoms with Crippen molar-refractivity contribution >= 4 is 30.5 Å². The number of amides is 2. The van der Waals surface area contributed by atoms with Crippen LogP contribution in [0.1, 0.15) is 55.5 Å². The van der Waals surface area contributed by atoms with Gasteiger partial charge in [0.05, 0.1) is 23.0 Å². The number of alkyl carbamates (subject to hydrolysis) is 1. The van der Waals surface area contributed by atoms with Crippen LogP contribution in [0.2, 0.25) is 0 Å². The topological polar surface area (TPSA) is 92.7 Å². The highest BCUT2D eigenvalue weighted by molar-refractivity contribution is 6.07. The van der Waals surface area contributed by atoms with Gasteiger partial charge in [-0.25, -0.2) is 9.78 Å². The number of carbonyl (C=O) groups excluding carboxylic acids is 2.